The molecule has 0 unspecified atom stereocenters. The van der Waals surface area contributed by atoms with Gasteiger partial charge in [-0.3, -0.25) is 4.57 Å². The maximum absolute atomic E-state index is 15.6. The quantitative estimate of drug-likeness (QED) is 0.120. The Hall–Kier alpha value is -2.37. The highest BCUT2D eigenvalue weighted by Crippen LogP contribution is 2.42. The van der Waals surface area contributed by atoms with Gasteiger partial charge in [0.2, 0.25) is 0 Å². The summed E-state index contributed by atoms with van der Waals surface area (Å²) < 4.78 is 54.9. The highest BCUT2D eigenvalue weighted by molar-refractivity contribution is 6.76. The molecule has 14 heteroatoms. The third kappa shape index (κ3) is 8.78. The van der Waals surface area contributed by atoms with Gasteiger partial charge in [-0.25, -0.2) is 9.37 Å². The molecule has 1 aromatic carbocycles. The van der Waals surface area contributed by atoms with Crippen molar-refractivity contribution in [1.82, 2.24) is 14.5 Å². The lowest BCUT2D eigenvalue weighted by Gasteiger charge is -2.39. The van der Waals surface area contributed by atoms with Gasteiger partial charge in [0.15, 0.2) is 20.1 Å². The molecule has 52 heavy (non-hydrogen) atoms. The minimum atomic E-state index is -2.03. The normalized spacial score (nSPS) is 23.6. The van der Waals surface area contributed by atoms with Crippen LogP contribution in [0.1, 0.15) is 56.8 Å². The number of nitrogens with zero attached hydrogens (tertiary/aromatic N) is 3. The van der Waals surface area contributed by atoms with Crippen LogP contribution in [0.2, 0.25) is 48.8 Å². The summed E-state index contributed by atoms with van der Waals surface area (Å²) in [6.07, 6.45) is 4.22. The first-order valence-corrected chi connectivity index (χ1v) is 25.6. The second kappa shape index (κ2) is 15.8. The maximum atomic E-state index is 15.6. The smallest absolute Gasteiger partial charge is 0.301 e. The molecule has 10 nitrogen and oxygen atoms in total. The zero-order valence-electron chi connectivity index (χ0n) is 32.2. The van der Waals surface area contributed by atoms with E-state index in [0.29, 0.717) is 73.0 Å². The van der Waals surface area contributed by atoms with Crippen LogP contribution >= 0.6 is 11.6 Å². The zero-order chi connectivity index (χ0) is 37.4. The van der Waals surface area contributed by atoms with Gasteiger partial charge < -0.3 is 33.4 Å². The highest BCUT2D eigenvalue weighted by atomic mass is 35.5. The topological polar surface area (TPSA) is 98.1 Å². The predicted octanol–water partition coefficient (Wildman–Crippen LogP) is 8.62. The summed E-state index contributed by atoms with van der Waals surface area (Å²) in [5.41, 5.74) is 3.58. The number of benzene rings is 1. The van der Waals surface area contributed by atoms with Crippen molar-refractivity contribution >= 4 is 51.0 Å². The number of hydrogen-bond acceptors (Lipinski definition) is 9. The van der Waals surface area contributed by atoms with E-state index in [9.17, 15) is 0 Å². The molecule has 1 N–H and O–H groups in total. The summed E-state index contributed by atoms with van der Waals surface area (Å²) >= 11 is 6.83. The third-order valence-corrected chi connectivity index (χ3v) is 17.2. The molecule has 2 aromatic heterocycles. The van der Waals surface area contributed by atoms with E-state index in [4.69, 9.17) is 49.7 Å². The molecule has 286 valence electrons. The van der Waals surface area contributed by atoms with Gasteiger partial charge >= 0.3 is 6.01 Å². The average molecular weight is 776 g/mol. The van der Waals surface area contributed by atoms with Crippen LogP contribution in [0.15, 0.2) is 24.3 Å². The van der Waals surface area contributed by atoms with E-state index >= 15 is 4.39 Å². The average Bonchev–Trinajstić information content (AvgIpc) is 3.82. The molecule has 4 heterocycles. The molecule has 0 radical (unpaired) electrons. The lowest BCUT2D eigenvalue weighted by atomic mass is 10.0. The molecule has 1 aliphatic carbocycles. The maximum Gasteiger partial charge on any atom is 0.301 e. The number of pyridine rings is 1. The minimum Gasteiger partial charge on any atom is -0.456 e. The molecule has 0 bridgehead atoms. The number of halogens is 2. The number of aryl methyl sites for hydroxylation is 1. The van der Waals surface area contributed by atoms with Gasteiger partial charge in [0, 0.05) is 26.9 Å². The number of rotatable bonds is 15. The number of imidazole rings is 1. The summed E-state index contributed by atoms with van der Waals surface area (Å²) in [6.45, 7) is 22.9. The summed E-state index contributed by atoms with van der Waals surface area (Å²) in [6, 6.07) is 6.49. The van der Waals surface area contributed by atoms with Crippen molar-refractivity contribution in [3.63, 3.8) is 0 Å². The molecule has 2 saturated heterocycles. The monoisotopic (exact) mass is 774 g/mol. The number of ether oxygens (including phenoxy) is 5. The second-order valence-electron chi connectivity index (χ2n) is 16.9. The van der Waals surface area contributed by atoms with Gasteiger partial charge in [0.05, 0.1) is 37.0 Å². The van der Waals surface area contributed by atoms with Crippen molar-refractivity contribution < 1.29 is 32.5 Å². The van der Waals surface area contributed by atoms with Crippen LogP contribution in [0.5, 0.6) is 6.01 Å². The highest BCUT2D eigenvalue weighted by Gasteiger charge is 2.52. The van der Waals surface area contributed by atoms with Crippen molar-refractivity contribution in [2.45, 2.75) is 122 Å². The number of fused-ring (bicyclic) bond motifs is 3. The fraction of sp³-hybridized carbons (Fsp3) is 0.632. The van der Waals surface area contributed by atoms with Gasteiger partial charge in [-0.1, -0.05) is 70.2 Å². The van der Waals surface area contributed by atoms with Gasteiger partial charge in [-0.15, -0.1) is 0 Å². The molecular formula is C38H56ClFN4O6Si2. The van der Waals surface area contributed by atoms with E-state index < -0.39 is 16.4 Å². The van der Waals surface area contributed by atoms with Crippen LogP contribution < -0.4 is 10.1 Å². The molecule has 2 fully saturated rings. The summed E-state index contributed by atoms with van der Waals surface area (Å²) in [5.74, 6) is 0.205. The molecule has 3 aromatic rings. The van der Waals surface area contributed by atoms with E-state index in [1.54, 1.807) is 12.1 Å². The van der Waals surface area contributed by atoms with Crippen molar-refractivity contribution in [2.75, 3.05) is 38.4 Å². The van der Waals surface area contributed by atoms with E-state index in [0.717, 1.165) is 23.6 Å². The number of hydrogen-bond donors (Lipinski definition) is 1. The van der Waals surface area contributed by atoms with Crippen molar-refractivity contribution in [1.29, 1.82) is 0 Å². The molecule has 2 aliphatic heterocycles. The van der Waals surface area contributed by atoms with Gasteiger partial charge in [0.1, 0.15) is 36.1 Å². The molecule has 3 aliphatic rings. The summed E-state index contributed by atoms with van der Waals surface area (Å²) in [5, 5.41) is 3.91. The Balaban J connectivity index is 1.23. The van der Waals surface area contributed by atoms with Gasteiger partial charge in [0.25, 0.3) is 0 Å². The van der Waals surface area contributed by atoms with Crippen LogP contribution in [0.4, 0.5) is 10.2 Å². The van der Waals surface area contributed by atoms with E-state index in [1.807, 2.05) is 29.7 Å². The number of nitrogens with one attached hydrogen (secondary N) is 1. The molecule has 0 spiro atoms. The summed E-state index contributed by atoms with van der Waals surface area (Å²) in [7, 11) is -3.35. The van der Waals surface area contributed by atoms with Crippen molar-refractivity contribution in [3.05, 3.63) is 51.8 Å². The Bertz CT molecular complexity index is 1760. The molecular weight excluding hydrogens is 719 g/mol. The second-order valence-corrected chi connectivity index (χ2v) is 27.7. The lowest BCUT2D eigenvalue weighted by molar-refractivity contribution is 0.00687. The minimum absolute atomic E-state index is 0.0715. The molecule has 0 saturated carbocycles. The Labute approximate surface area is 314 Å². The largest absolute Gasteiger partial charge is 0.456 e. The first-order chi connectivity index (χ1) is 24.5. The van der Waals surface area contributed by atoms with E-state index in [1.165, 1.54) is 0 Å². The van der Waals surface area contributed by atoms with Crippen molar-refractivity contribution in [2.24, 2.45) is 0 Å². The number of aromatic nitrogens is 3. The molecule has 5 atom stereocenters. The number of anilines is 1. The van der Waals surface area contributed by atoms with Crippen molar-refractivity contribution in [3.8, 4) is 6.01 Å². The van der Waals surface area contributed by atoms with Crippen LogP contribution in [0, 0.1) is 5.82 Å². The molecule has 6 rings (SSSR count). The molecule has 0 amide bonds. The lowest BCUT2D eigenvalue weighted by Crippen LogP contribution is -2.47. The predicted molar refractivity (Wildman–Crippen MR) is 209 cm³/mol. The third-order valence-electron chi connectivity index (χ3n) is 10.7. The van der Waals surface area contributed by atoms with Crippen LogP contribution in [-0.4, -0.2) is 88.4 Å². The Morgan fingerprint density at radius 3 is 2.48 bits per heavy atom. The van der Waals surface area contributed by atoms with Crippen LogP contribution in [0.3, 0.4) is 0 Å². The zero-order valence-corrected chi connectivity index (χ0v) is 34.9. The standard InChI is InChI=1S/C38H56ClFN4O6Si2/c1-10-45-15-11-12-24-18-25-13-14-28(32(25)27(40)19-24)41-35-26(39)20-29-36(43-35)44(23-46-16-17-51(5,6)7)37(42-29)49-30-21-47-34-31(22-48-33(30)34)50-52(8,9)38(2,3)4/h11-12,18-20,28,30-31,33-34H,10,13-17,21-23H2,1-9H3,(H,41,43)/b12-11+/t28-,30+,31+,33+,34+/m0/s1. The SMILES string of the molecule is CCOC/C=C/c1cc(F)c2c(c1)CC[C@@H]2Nc1nc2c(cc1Cl)nc(O[C@@H]1CO[C@H]3[C@@H]1OC[C@H]3O[Si](C)(C)C(C)(C)C)n2COCC[Si](C)(C)C. The van der Waals surface area contributed by atoms with Gasteiger partial charge in [-0.2, -0.15) is 4.98 Å². The Morgan fingerprint density at radius 1 is 1.04 bits per heavy atom. The Kier molecular flexibility index (Phi) is 11.9. The first kappa shape index (κ1) is 39.3. The van der Waals surface area contributed by atoms with Crippen LogP contribution in [-0.2, 0) is 36.5 Å². The Morgan fingerprint density at radius 2 is 1.77 bits per heavy atom. The van der Waals surface area contributed by atoms with E-state index in [2.05, 4.69) is 58.8 Å². The summed E-state index contributed by atoms with van der Waals surface area (Å²) in [4.78, 5) is 9.80. The fourth-order valence-corrected chi connectivity index (χ4v) is 8.95. The van der Waals surface area contributed by atoms with E-state index in [-0.39, 0.29) is 48.0 Å². The van der Waals surface area contributed by atoms with Crippen LogP contribution in [0.25, 0.3) is 17.2 Å². The fourth-order valence-electron chi connectivity index (χ4n) is 6.68. The first-order valence-electron chi connectivity index (χ1n) is 18.6. The van der Waals surface area contributed by atoms with Gasteiger partial charge in [-0.05, 0) is 67.2 Å².